The van der Waals surface area contributed by atoms with E-state index in [1.54, 1.807) is 18.2 Å². The van der Waals surface area contributed by atoms with Gasteiger partial charge in [-0.25, -0.2) is 13.8 Å². The number of hydrogen-bond acceptors (Lipinski definition) is 4. The Kier molecular flexibility index (Phi) is 8.50. The first-order valence-corrected chi connectivity index (χ1v) is 11.5. The van der Waals surface area contributed by atoms with Gasteiger partial charge in [-0.15, -0.1) is 0 Å². The standard InChI is InChI=1S/C26H29F5N4O/c1-15(2)23(28)25(36)32-11-6-7-17-13-19-18(24(33-17)16(3)26(29,30)31)8-5-9-21(19)34-22-10-12-35(4)14-20(22)27/h5-9,13,20,22,34H,3,10-12,14H2,1-2,4H3,(H,32,36)/b7-6+/t20-,22+/m0/s1. The van der Waals surface area contributed by atoms with Crippen molar-refractivity contribution in [1.29, 1.82) is 0 Å². The Labute approximate surface area is 206 Å². The Balaban J connectivity index is 1.97. The number of carbonyl (C=O) groups is 1. The third kappa shape index (κ3) is 6.48. The number of halogens is 5. The summed E-state index contributed by atoms with van der Waals surface area (Å²) in [5.41, 5.74) is -0.570. The summed E-state index contributed by atoms with van der Waals surface area (Å²) in [7, 11) is 1.83. The third-order valence-electron chi connectivity index (χ3n) is 5.92. The molecular formula is C26H29F5N4O. The molecule has 1 amide bonds. The summed E-state index contributed by atoms with van der Waals surface area (Å²) in [4.78, 5) is 17.8. The molecule has 0 aliphatic carbocycles. The number of fused-ring (bicyclic) bond motifs is 1. The van der Waals surface area contributed by atoms with Crippen molar-refractivity contribution >= 4 is 34.0 Å². The summed E-state index contributed by atoms with van der Waals surface area (Å²) in [6, 6.07) is 5.88. The molecule has 194 valence electrons. The van der Waals surface area contributed by atoms with Crippen molar-refractivity contribution < 1.29 is 26.7 Å². The molecule has 1 saturated heterocycles. The average Bonchev–Trinajstić information content (AvgIpc) is 2.81. The fourth-order valence-corrected chi connectivity index (χ4v) is 3.93. The summed E-state index contributed by atoms with van der Waals surface area (Å²) in [6.45, 7) is 7.01. The molecule has 1 aliphatic heterocycles. The smallest absolute Gasteiger partial charge is 0.379 e. The monoisotopic (exact) mass is 508 g/mol. The van der Waals surface area contributed by atoms with Gasteiger partial charge in [0.05, 0.1) is 23.0 Å². The molecule has 0 spiro atoms. The van der Waals surface area contributed by atoms with Gasteiger partial charge >= 0.3 is 6.18 Å². The zero-order valence-corrected chi connectivity index (χ0v) is 20.3. The summed E-state index contributed by atoms with van der Waals surface area (Å²) in [6.07, 6.45) is -2.43. The lowest BCUT2D eigenvalue weighted by molar-refractivity contribution is -0.118. The maximum Gasteiger partial charge on any atom is 0.417 e. The number of amides is 1. The lowest BCUT2D eigenvalue weighted by Gasteiger charge is -2.33. The number of allylic oxidation sites excluding steroid dienone is 2. The highest BCUT2D eigenvalue weighted by Crippen LogP contribution is 2.37. The van der Waals surface area contributed by atoms with E-state index < -0.39 is 35.7 Å². The SMILES string of the molecule is C=C(c1nc(/C=C/CNC(=O)C(F)=C(C)C)cc2c(N[C@@H]3CCN(C)C[C@@H]3F)cccc12)C(F)(F)F. The van der Waals surface area contributed by atoms with Gasteiger partial charge < -0.3 is 15.5 Å². The van der Waals surface area contributed by atoms with Gasteiger partial charge in [0.2, 0.25) is 0 Å². The average molecular weight is 509 g/mol. The van der Waals surface area contributed by atoms with E-state index in [0.717, 1.165) is 0 Å². The molecule has 2 aromatic rings. The predicted molar refractivity (Wildman–Crippen MR) is 133 cm³/mol. The van der Waals surface area contributed by atoms with Gasteiger partial charge in [0.15, 0.2) is 5.83 Å². The predicted octanol–water partition coefficient (Wildman–Crippen LogP) is 5.66. The van der Waals surface area contributed by atoms with E-state index in [9.17, 15) is 26.7 Å². The molecule has 1 aliphatic rings. The van der Waals surface area contributed by atoms with E-state index in [4.69, 9.17) is 0 Å². The van der Waals surface area contributed by atoms with Gasteiger partial charge in [0.1, 0.15) is 6.17 Å². The van der Waals surface area contributed by atoms with Crippen LogP contribution in [0.5, 0.6) is 0 Å². The minimum atomic E-state index is -4.71. The van der Waals surface area contributed by atoms with Crippen molar-refractivity contribution in [2.75, 3.05) is 32.0 Å². The fraction of sp³-hybridized carbons (Fsp3) is 0.385. The molecule has 1 fully saturated rings. The Hall–Kier alpha value is -3.27. The fourth-order valence-electron chi connectivity index (χ4n) is 3.93. The molecule has 36 heavy (non-hydrogen) atoms. The number of rotatable bonds is 7. The van der Waals surface area contributed by atoms with Crippen molar-refractivity contribution in [2.45, 2.75) is 38.7 Å². The summed E-state index contributed by atoms with van der Waals surface area (Å²) >= 11 is 0. The molecule has 10 heteroatoms. The first-order chi connectivity index (χ1) is 16.9. The van der Waals surface area contributed by atoms with Crippen molar-refractivity contribution in [3.05, 3.63) is 59.7 Å². The molecule has 0 unspecified atom stereocenters. The Morgan fingerprint density at radius 3 is 2.64 bits per heavy atom. The zero-order valence-electron chi connectivity index (χ0n) is 20.3. The van der Waals surface area contributed by atoms with Gasteiger partial charge in [-0.05, 0) is 51.1 Å². The molecule has 1 aromatic carbocycles. The van der Waals surface area contributed by atoms with Crippen LogP contribution in [0.25, 0.3) is 22.4 Å². The Morgan fingerprint density at radius 2 is 2.00 bits per heavy atom. The van der Waals surface area contributed by atoms with E-state index in [1.165, 1.54) is 32.1 Å². The highest BCUT2D eigenvalue weighted by atomic mass is 19.4. The van der Waals surface area contributed by atoms with Gasteiger partial charge in [-0.1, -0.05) is 24.8 Å². The van der Waals surface area contributed by atoms with Crippen LogP contribution >= 0.6 is 0 Å². The lowest BCUT2D eigenvalue weighted by Crippen LogP contribution is -2.46. The van der Waals surface area contributed by atoms with Crippen molar-refractivity contribution in [3.63, 3.8) is 0 Å². The molecule has 0 saturated carbocycles. The maximum absolute atomic E-state index is 14.6. The van der Waals surface area contributed by atoms with Gasteiger partial charge in [-0.3, -0.25) is 4.79 Å². The molecule has 3 rings (SSSR count). The number of benzene rings is 1. The Bertz CT molecular complexity index is 1200. The number of pyridine rings is 1. The quantitative estimate of drug-likeness (QED) is 0.375. The van der Waals surface area contributed by atoms with E-state index in [1.807, 2.05) is 11.9 Å². The lowest BCUT2D eigenvalue weighted by atomic mass is 9.99. The van der Waals surface area contributed by atoms with Gasteiger partial charge in [0, 0.05) is 36.1 Å². The van der Waals surface area contributed by atoms with Crippen LogP contribution in [-0.4, -0.2) is 60.9 Å². The number of likely N-dealkylation sites (tertiary alicyclic amines) is 1. The minimum absolute atomic E-state index is 0.0617. The van der Waals surface area contributed by atoms with Crippen LogP contribution in [0.3, 0.4) is 0 Å². The van der Waals surface area contributed by atoms with Crippen LogP contribution in [0.1, 0.15) is 31.7 Å². The van der Waals surface area contributed by atoms with E-state index >= 15 is 0 Å². The molecule has 0 bridgehead atoms. The first kappa shape index (κ1) is 27.3. The number of alkyl halides is 4. The second kappa shape index (κ2) is 11.2. The number of nitrogens with one attached hydrogen (secondary N) is 2. The normalized spacial score (nSPS) is 18.9. The van der Waals surface area contributed by atoms with Gasteiger partial charge in [0.25, 0.3) is 5.91 Å². The number of hydrogen-bond donors (Lipinski definition) is 2. The van der Waals surface area contributed by atoms with Crippen molar-refractivity contribution in [2.24, 2.45) is 0 Å². The molecule has 2 heterocycles. The largest absolute Gasteiger partial charge is 0.417 e. The van der Waals surface area contributed by atoms with Crippen LogP contribution in [0, 0.1) is 0 Å². The molecular weight excluding hydrogens is 479 g/mol. The maximum atomic E-state index is 14.6. The van der Waals surface area contributed by atoms with Crippen LogP contribution in [0.2, 0.25) is 0 Å². The third-order valence-corrected chi connectivity index (χ3v) is 5.92. The van der Waals surface area contributed by atoms with Crippen molar-refractivity contribution in [3.8, 4) is 0 Å². The highest BCUT2D eigenvalue weighted by molar-refractivity contribution is 6.01. The van der Waals surface area contributed by atoms with Gasteiger partial charge in [-0.2, -0.15) is 13.2 Å². The number of nitrogens with zero attached hydrogens (tertiary/aromatic N) is 2. The molecule has 2 N–H and O–H groups in total. The number of carbonyl (C=O) groups excluding carboxylic acids is 1. The molecule has 1 aromatic heterocycles. The van der Waals surface area contributed by atoms with Crippen LogP contribution in [0.15, 0.2) is 48.3 Å². The summed E-state index contributed by atoms with van der Waals surface area (Å²) in [5.74, 6) is -1.78. The van der Waals surface area contributed by atoms with Crippen LogP contribution in [-0.2, 0) is 4.79 Å². The van der Waals surface area contributed by atoms with E-state index in [0.29, 0.717) is 24.0 Å². The first-order valence-electron chi connectivity index (χ1n) is 11.5. The number of anilines is 1. The van der Waals surface area contributed by atoms with Crippen molar-refractivity contribution in [1.82, 2.24) is 15.2 Å². The Morgan fingerprint density at radius 1 is 1.28 bits per heavy atom. The number of piperidine rings is 1. The molecule has 2 atom stereocenters. The minimum Gasteiger partial charge on any atom is -0.379 e. The summed E-state index contributed by atoms with van der Waals surface area (Å²) < 4.78 is 69.0. The zero-order chi connectivity index (χ0) is 26.6. The second-order valence-corrected chi connectivity index (χ2v) is 9.02. The molecule has 0 radical (unpaired) electrons. The van der Waals surface area contributed by atoms with Crippen LogP contribution < -0.4 is 10.6 Å². The molecule has 5 nitrogen and oxygen atoms in total. The summed E-state index contributed by atoms with van der Waals surface area (Å²) in [5, 5.41) is 6.18. The second-order valence-electron chi connectivity index (χ2n) is 9.02. The van der Waals surface area contributed by atoms with E-state index in [2.05, 4.69) is 22.2 Å². The topological polar surface area (TPSA) is 57.3 Å². The van der Waals surface area contributed by atoms with Crippen LogP contribution in [0.4, 0.5) is 27.6 Å². The van der Waals surface area contributed by atoms with E-state index in [-0.39, 0.29) is 35.4 Å². The highest BCUT2D eigenvalue weighted by Gasteiger charge is 2.35. The number of aromatic nitrogens is 1.